The number of nitrogens with zero attached hydrogens (tertiary/aromatic N) is 4. The first-order valence-corrected chi connectivity index (χ1v) is 8.77. The molecule has 0 radical (unpaired) electrons. The Kier molecular flexibility index (Phi) is 5.42. The summed E-state index contributed by atoms with van der Waals surface area (Å²) >= 11 is 0. The second kappa shape index (κ2) is 7.74. The van der Waals surface area contributed by atoms with Crippen LogP contribution in [0.25, 0.3) is 0 Å². The number of likely N-dealkylation sites (N-methyl/N-ethyl adjacent to an activating group) is 1. The first kappa shape index (κ1) is 18.2. The molecule has 2 aromatic rings. The van der Waals surface area contributed by atoms with Crippen molar-refractivity contribution in [2.75, 3.05) is 52.8 Å². The number of amides is 1. The summed E-state index contributed by atoms with van der Waals surface area (Å²) in [7, 11) is 7.58. The third-order valence-electron chi connectivity index (χ3n) is 4.85. The van der Waals surface area contributed by atoms with E-state index in [1.807, 2.05) is 54.2 Å². The lowest BCUT2D eigenvalue weighted by Crippen LogP contribution is -2.49. The molecule has 1 aromatic heterocycles. The van der Waals surface area contributed by atoms with Crippen LogP contribution in [-0.2, 0) is 0 Å². The van der Waals surface area contributed by atoms with Crippen LogP contribution >= 0.6 is 0 Å². The molecule has 1 amide bonds. The summed E-state index contributed by atoms with van der Waals surface area (Å²) in [4.78, 5) is 23.6. The summed E-state index contributed by atoms with van der Waals surface area (Å²) in [6.45, 7) is 2.17. The highest BCUT2D eigenvalue weighted by atomic mass is 16.5. The number of carbonyl (C=O) groups excluding carboxylic acids is 1. The molecule has 6 heteroatoms. The van der Waals surface area contributed by atoms with Crippen LogP contribution in [0, 0.1) is 0 Å². The topological polar surface area (TPSA) is 48.9 Å². The summed E-state index contributed by atoms with van der Waals surface area (Å²) in [5.74, 6) is 1.57. The number of ether oxygens (including phenoxy) is 1. The number of carbonyl (C=O) groups is 1. The number of hydrogen-bond acceptors (Lipinski definition) is 5. The molecule has 0 N–H and O–H groups in total. The van der Waals surface area contributed by atoms with Crippen LogP contribution in [-0.4, -0.2) is 68.6 Å². The fraction of sp³-hybridized carbons (Fsp3) is 0.400. The summed E-state index contributed by atoms with van der Waals surface area (Å²) in [5.41, 5.74) is 1.80. The molecule has 6 nitrogen and oxygen atoms in total. The SMILES string of the molecule is COc1cccc(C2CN(C(=O)c3cccnc3N(C)C)CCN2C)c1. The molecule has 26 heavy (non-hydrogen) atoms. The van der Waals surface area contributed by atoms with E-state index in [4.69, 9.17) is 4.74 Å². The van der Waals surface area contributed by atoms with E-state index in [1.165, 1.54) is 0 Å². The van der Waals surface area contributed by atoms with E-state index in [0.29, 0.717) is 24.5 Å². The quantitative estimate of drug-likeness (QED) is 0.843. The lowest BCUT2D eigenvalue weighted by molar-refractivity contribution is 0.0546. The Morgan fingerprint density at radius 1 is 1.23 bits per heavy atom. The normalized spacial score (nSPS) is 17.8. The van der Waals surface area contributed by atoms with E-state index < -0.39 is 0 Å². The zero-order valence-corrected chi connectivity index (χ0v) is 15.8. The molecular weight excluding hydrogens is 328 g/mol. The molecular formula is C20H26N4O2. The summed E-state index contributed by atoms with van der Waals surface area (Å²) < 4.78 is 5.35. The average Bonchev–Trinajstić information content (AvgIpc) is 2.67. The molecule has 1 fully saturated rings. The zero-order valence-electron chi connectivity index (χ0n) is 15.8. The predicted molar refractivity (Wildman–Crippen MR) is 103 cm³/mol. The number of piperazine rings is 1. The Hall–Kier alpha value is -2.60. The number of methoxy groups -OCH3 is 1. The standard InChI is InChI=1S/C20H26N4O2/c1-22(2)19-17(9-6-10-21-19)20(25)24-12-11-23(3)18(14-24)15-7-5-8-16(13-15)26-4/h5-10,13,18H,11-12,14H2,1-4H3. The number of rotatable bonds is 4. The van der Waals surface area contributed by atoms with Crippen molar-refractivity contribution in [1.82, 2.24) is 14.8 Å². The van der Waals surface area contributed by atoms with Gasteiger partial charge in [-0.1, -0.05) is 12.1 Å². The molecule has 1 aromatic carbocycles. The highest BCUT2D eigenvalue weighted by Crippen LogP contribution is 2.28. The highest BCUT2D eigenvalue weighted by molar-refractivity contribution is 5.99. The molecule has 1 aliphatic heterocycles. The second-order valence-electron chi connectivity index (χ2n) is 6.79. The number of pyridine rings is 1. The van der Waals surface area contributed by atoms with E-state index in [1.54, 1.807) is 13.3 Å². The van der Waals surface area contributed by atoms with Crippen molar-refractivity contribution in [3.05, 3.63) is 53.7 Å². The van der Waals surface area contributed by atoms with Crippen LogP contribution in [0.1, 0.15) is 22.0 Å². The fourth-order valence-corrected chi connectivity index (χ4v) is 3.36. The Balaban J connectivity index is 1.85. The van der Waals surface area contributed by atoms with Crippen molar-refractivity contribution in [3.63, 3.8) is 0 Å². The lowest BCUT2D eigenvalue weighted by Gasteiger charge is -2.40. The molecule has 138 valence electrons. The van der Waals surface area contributed by atoms with Crippen LogP contribution in [0.15, 0.2) is 42.6 Å². The maximum Gasteiger partial charge on any atom is 0.257 e. The van der Waals surface area contributed by atoms with Gasteiger partial charge < -0.3 is 14.5 Å². The number of aromatic nitrogens is 1. The molecule has 1 atom stereocenters. The largest absolute Gasteiger partial charge is 0.497 e. The molecule has 1 saturated heterocycles. The zero-order chi connectivity index (χ0) is 18.7. The van der Waals surface area contributed by atoms with E-state index in [-0.39, 0.29) is 11.9 Å². The van der Waals surface area contributed by atoms with Crippen LogP contribution in [0.2, 0.25) is 0 Å². The Labute approximate surface area is 155 Å². The lowest BCUT2D eigenvalue weighted by atomic mass is 10.0. The van der Waals surface area contributed by atoms with Gasteiger partial charge in [-0.05, 0) is 36.9 Å². The Bertz CT molecular complexity index is 778. The van der Waals surface area contributed by atoms with Crippen LogP contribution < -0.4 is 9.64 Å². The number of hydrogen-bond donors (Lipinski definition) is 0. The van der Waals surface area contributed by atoms with Crippen molar-refractivity contribution in [3.8, 4) is 5.75 Å². The van der Waals surface area contributed by atoms with Crippen molar-refractivity contribution in [2.24, 2.45) is 0 Å². The molecule has 3 rings (SSSR count). The molecule has 0 bridgehead atoms. The third kappa shape index (κ3) is 3.65. The highest BCUT2D eigenvalue weighted by Gasteiger charge is 2.30. The molecule has 1 unspecified atom stereocenters. The minimum Gasteiger partial charge on any atom is -0.497 e. The number of benzene rings is 1. The van der Waals surface area contributed by atoms with E-state index in [2.05, 4.69) is 23.0 Å². The summed E-state index contributed by atoms with van der Waals surface area (Å²) in [6, 6.07) is 11.9. The monoisotopic (exact) mass is 354 g/mol. The van der Waals surface area contributed by atoms with Crippen molar-refractivity contribution >= 4 is 11.7 Å². The molecule has 0 aliphatic carbocycles. The smallest absolute Gasteiger partial charge is 0.257 e. The fourth-order valence-electron chi connectivity index (χ4n) is 3.36. The van der Waals surface area contributed by atoms with E-state index in [0.717, 1.165) is 17.9 Å². The van der Waals surface area contributed by atoms with E-state index in [9.17, 15) is 4.79 Å². The maximum atomic E-state index is 13.1. The predicted octanol–water partition coefficient (Wildman–Crippen LogP) is 2.29. The van der Waals surface area contributed by atoms with Crippen molar-refractivity contribution in [2.45, 2.75) is 6.04 Å². The van der Waals surface area contributed by atoms with Crippen LogP contribution in [0.5, 0.6) is 5.75 Å². The van der Waals surface area contributed by atoms with Gasteiger partial charge in [0, 0.05) is 39.9 Å². The first-order chi connectivity index (χ1) is 12.5. The molecule has 1 aliphatic rings. The minimum absolute atomic E-state index is 0.0304. The van der Waals surface area contributed by atoms with Gasteiger partial charge in [0.15, 0.2) is 0 Å². The Morgan fingerprint density at radius 2 is 2.04 bits per heavy atom. The average molecular weight is 354 g/mol. The van der Waals surface area contributed by atoms with Crippen LogP contribution in [0.3, 0.4) is 0 Å². The van der Waals surface area contributed by atoms with Gasteiger partial charge in [-0.15, -0.1) is 0 Å². The van der Waals surface area contributed by atoms with Gasteiger partial charge in [-0.2, -0.15) is 0 Å². The van der Waals surface area contributed by atoms with Gasteiger partial charge in [-0.3, -0.25) is 9.69 Å². The van der Waals surface area contributed by atoms with Crippen LogP contribution in [0.4, 0.5) is 5.82 Å². The van der Waals surface area contributed by atoms with Gasteiger partial charge in [0.2, 0.25) is 0 Å². The first-order valence-electron chi connectivity index (χ1n) is 8.77. The van der Waals surface area contributed by atoms with Crippen molar-refractivity contribution < 1.29 is 9.53 Å². The van der Waals surface area contributed by atoms with Gasteiger partial charge in [0.1, 0.15) is 11.6 Å². The van der Waals surface area contributed by atoms with Gasteiger partial charge in [0.05, 0.1) is 18.7 Å². The molecule has 0 saturated carbocycles. The summed E-state index contributed by atoms with van der Waals surface area (Å²) in [5, 5.41) is 0. The van der Waals surface area contributed by atoms with Gasteiger partial charge >= 0.3 is 0 Å². The third-order valence-corrected chi connectivity index (χ3v) is 4.85. The summed E-state index contributed by atoms with van der Waals surface area (Å²) in [6.07, 6.45) is 1.72. The number of anilines is 1. The molecule has 0 spiro atoms. The van der Waals surface area contributed by atoms with E-state index >= 15 is 0 Å². The minimum atomic E-state index is 0.0304. The molecule has 2 heterocycles. The Morgan fingerprint density at radius 3 is 2.77 bits per heavy atom. The van der Waals surface area contributed by atoms with Gasteiger partial charge in [0.25, 0.3) is 5.91 Å². The maximum absolute atomic E-state index is 13.1. The van der Waals surface area contributed by atoms with Crippen molar-refractivity contribution in [1.29, 1.82) is 0 Å². The van der Waals surface area contributed by atoms with Gasteiger partial charge in [-0.25, -0.2) is 4.98 Å². The second-order valence-corrected chi connectivity index (χ2v) is 6.79.